The molecule has 0 saturated heterocycles. The summed E-state index contributed by atoms with van der Waals surface area (Å²) in [5.41, 5.74) is 1.04. The van der Waals surface area contributed by atoms with Crippen molar-refractivity contribution >= 4 is 61.4 Å². The van der Waals surface area contributed by atoms with Crippen LogP contribution >= 0.6 is 34.7 Å². The number of sulfonamides is 1. The Hall–Kier alpha value is -1.62. The fourth-order valence-electron chi connectivity index (χ4n) is 1.97. The Bertz CT molecular complexity index is 915. The second-order valence-corrected chi connectivity index (χ2v) is 9.81. The fraction of sp³-hybridized carbons (Fsp3) is 0.267. The molecule has 0 bridgehead atoms. The molecule has 0 radical (unpaired) electrons. The number of amides is 1. The average molecular weight is 433 g/mol. The van der Waals surface area contributed by atoms with Crippen LogP contribution in [0.5, 0.6) is 0 Å². The summed E-state index contributed by atoms with van der Waals surface area (Å²) in [6, 6.07) is 4.87. The smallest absolute Gasteiger partial charge is 0.246 e. The summed E-state index contributed by atoms with van der Waals surface area (Å²) in [7, 11) is -3.69. The molecule has 0 unspecified atom stereocenters. The predicted octanol–water partition coefficient (Wildman–Crippen LogP) is 3.18. The third-order valence-corrected chi connectivity index (χ3v) is 6.43. The number of aromatic nitrogens is 2. The van der Waals surface area contributed by atoms with Crippen LogP contribution in [-0.4, -0.2) is 43.1 Å². The lowest BCUT2D eigenvalue weighted by Crippen LogP contribution is -2.37. The summed E-state index contributed by atoms with van der Waals surface area (Å²) in [6.45, 7) is 4.97. The molecular formula is C15H17ClN4O3S3. The highest BCUT2D eigenvalue weighted by Crippen LogP contribution is 2.27. The molecule has 0 saturated carbocycles. The minimum atomic E-state index is -3.69. The van der Waals surface area contributed by atoms with E-state index in [1.165, 1.54) is 29.2 Å². The van der Waals surface area contributed by atoms with Gasteiger partial charge < -0.3 is 0 Å². The maximum atomic E-state index is 12.3. The van der Waals surface area contributed by atoms with Crippen molar-refractivity contribution in [3.63, 3.8) is 0 Å². The van der Waals surface area contributed by atoms with Gasteiger partial charge in [-0.05, 0) is 24.6 Å². The topological polar surface area (TPSA) is 92.3 Å². The predicted molar refractivity (Wildman–Crippen MR) is 108 cm³/mol. The summed E-state index contributed by atoms with van der Waals surface area (Å²) >= 11 is 8.62. The van der Waals surface area contributed by atoms with Gasteiger partial charge in [-0.25, -0.2) is 8.42 Å². The molecule has 1 aromatic carbocycles. The summed E-state index contributed by atoms with van der Waals surface area (Å²) < 4.78 is 26.0. The lowest BCUT2D eigenvalue weighted by molar-refractivity contribution is -0.114. The zero-order chi connectivity index (χ0) is 19.3. The number of carbonyl (C=O) groups is 1. The number of nitrogens with one attached hydrogen (secondary N) is 1. The quantitative estimate of drug-likeness (QED) is 0.391. The molecule has 2 rings (SSSR count). The van der Waals surface area contributed by atoms with Crippen molar-refractivity contribution in [3.8, 4) is 0 Å². The summed E-state index contributed by atoms with van der Waals surface area (Å²) in [5.74, 6) is 0.157. The van der Waals surface area contributed by atoms with Crippen LogP contribution in [0.3, 0.4) is 0 Å². The van der Waals surface area contributed by atoms with Crippen LogP contribution in [0.15, 0.2) is 35.2 Å². The van der Waals surface area contributed by atoms with Crippen molar-refractivity contribution in [2.45, 2.75) is 11.3 Å². The molecule has 0 fully saturated rings. The van der Waals surface area contributed by atoms with Gasteiger partial charge in [-0.1, -0.05) is 46.8 Å². The average Bonchev–Trinajstić information content (AvgIpc) is 2.99. The Labute approximate surface area is 165 Å². The Morgan fingerprint density at radius 1 is 1.46 bits per heavy atom. The maximum Gasteiger partial charge on any atom is 0.246 e. The first-order valence-electron chi connectivity index (χ1n) is 7.31. The van der Waals surface area contributed by atoms with E-state index in [9.17, 15) is 13.2 Å². The van der Waals surface area contributed by atoms with Gasteiger partial charge in [0.1, 0.15) is 6.54 Å². The van der Waals surface area contributed by atoms with Gasteiger partial charge in [-0.15, -0.1) is 16.8 Å². The van der Waals surface area contributed by atoms with Gasteiger partial charge in [0.2, 0.25) is 21.1 Å². The molecule has 7 nitrogen and oxygen atoms in total. The number of aryl methyl sites for hydroxylation is 1. The van der Waals surface area contributed by atoms with Crippen LogP contribution in [0, 0.1) is 6.92 Å². The first kappa shape index (κ1) is 20.7. The second kappa shape index (κ2) is 8.85. The van der Waals surface area contributed by atoms with E-state index in [-0.39, 0.29) is 0 Å². The van der Waals surface area contributed by atoms with Gasteiger partial charge >= 0.3 is 0 Å². The first-order chi connectivity index (χ1) is 12.2. The van der Waals surface area contributed by atoms with Crippen LogP contribution < -0.4 is 9.62 Å². The van der Waals surface area contributed by atoms with E-state index in [2.05, 4.69) is 22.1 Å². The molecule has 0 aliphatic rings. The van der Waals surface area contributed by atoms with Crippen LogP contribution in [0.25, 0.3) is 0 Å². The van der Waals surface area contributed by atoms with Gasteiger partial charge in [0, 0.05) is 10.8 Å². The van der Waals surface area contributed by atoms with E-state index in [0.717, 1.165) is 10.6 Å². The van der Waals surface area contributed by atoms with E-state index >= 15 is 0 Å². The number of thioether (sulfide) groups is 1. The van der Waals surface area contributed by atoms with Gasteiger partial charge in [-0.2, -0.15) is 0 Å². The Morgan fingerprint density at radius 3 is 2.85 bits per heavy atom. The van der Waals surface area contributed by atoms with Crippen molar-refractivity contribution in [3.05, 3.63) is 41.4 Å². The number of anilines is 2. The van der Waals surface area contributed by atoms with Crippen molar-refractivity contribution in [1.82, 2.24) is 10.2 Å². The molecular weight excluding hydrogens is 416 g/mol. The molecule has 1 amide bonds. The van der Waals surface area contributed by atoms with E-state index < -0.39 is 22.5 Å². The minimum absolute atomic E-state index is 0.304. The third-order valence-electron chi connectivity index (χ3n) is 3.10. The van der Waals surface area contributed by atoms with Crippen LogP contribution in [0.1, 0.15) is 5.56 Å². The third kappa shape index (κ3) is 5.70. The number of benzene rings is 1. The van der Waals surface area contributed by atoms with Crippen LogP contribution in [0.2, 0.25) is 5.02 Å². The zero-order valence-corrected chi connectivity index (χ0v) is 17.3. The standard InChI is InChI=1S/C15H17ClN4O3S3/c1-4-7-24-15-19-18-14(25-15)17-13(21)9-20(26(3,22)23)12-8-11(16)6-5-10(12)2/h4-6,8H,1,7,9H2,2-3H3,(H,17,18,21). The number of halogens is 1. The van der Waals surface area contributed by atoms with E-state index in [0.29, 0.717) is 31.5 Å². The first-order valence-corrected chi connectivity index (χ1v) is 11.3. The Balaban J connectivity index is 2.16. The SMILES string of the molecule is C=CCSc1nnc(NC(=O)CN(c2cc(Cl)ccc2C)S(C)(=O)=O)s1. The minimum Gasteiger partial charge on any atom is -0.299 e. The van der Waals surface area contributed by atoms with Gasteiger partial charge in [-0.3, -0.25) is 14.4 Å². The van der Waals surface area contributed by atoms with E-state index in [1.54, 1.807) is 25.1 Å². The highest BCUT2D eigenvalue weighted by Gasteiger charge is 2.23. The highest BCUT2D eigenvalue weighted by atomic mass is 35.5. The molecule has 1 aromatic heterocycles. The number of hydrogen-bond donors (Lipinski definition) is 1. The summed E-state index contributed by atoms with van der Waals surface area (Å²) in [4.78, 5) is 12.3. The monoisotopic (exact) mass is 432 g/mol. The molecule has 26 heavy (non-hydrogen) atoms. The molecule has 2 aromatic rings. The largest absolute Gasteiger partial charge is 0.299 e. The van der Waals surface area contributed by atoms with Gasteiger partial charge in [0.05, 0.1) is 11.9 Å². The van der Waals surface area contributed by atoms with Gasteiger partial charge in [0.25, 0.3) is 0 Å². The summed E-state index contributed by atoms with van der Waals surface area (Å²) in [6.07, 6.45) is 2.78. The van der Waals surface area contributed by atoms with Crippen molar-refractivity contribution < 1.29 is 13.2 Å². The zero-order valence-electron chi connectivity index (χ0n) is 14.1. The molecule has 140 valence electrons. The molecule has 11 heteroatoms. The van der Waals surface area contributed by atoms with Gasteiger partial charge in [0.15, 0.2) is 4.34 Å². The van der Waals surface area contributed by atoms with Crippen molar-refractivity contribution in [2.75, 3.05) is 28.2 Å². The second-order valence-electron chi connectivity index (χ2n) is 5.22. The van der Waals surface area contributed by atoms with Crippen molar-refractivity contribution in [1.29, 1.82) is 0 Å². The lowest BCUT2D eigenvalue weighted by atomic mass is 10.2. The number of rotatable bonds is 8. The molecule has 0 aliphatic heterocycles. The molecule has 0 atom stereocenters. The van der Waals surface area contributed by atoms with Crippen LogP contribution in [-0.2, 0) is 14.8 Å². The number of hydrogen-bond acceptors (Lipinski definition) is 7. The fourth-order valence-corrected chi connectivity index (χ4v) is 4.57. The molecule has 0 aliphatic carbocycles. The van der Waals surface area contributed by atoms with Crippen LogP contribution in [0.4, 0.5) is 10.8 Å². The van der Waals surface area contributed by atoms with Crippen molar-refractivity contribution in [2.24, 2.45) is 0 Å². The maximum absolute atomic E-state index is 12.3. The van der Waals surface area contributed by atoms with E-state index in [4.69, 9.17) is 11.6 Å². The summed E-state index contributed by atoms with van der Waals surface area (Å²) in [5, 5.41) is 11.1. The molecule has 1 heterocycles. The lowest BCUT2D eigenvalue weighted by Gasteiger charge is -2.23. The Kier molecular flexibility index (Phi) is 7.04. The normalized spacial score (nSPS) is 11.2. The molecule has 0 spiro atoms. The highest BCUT2D eigenvalue weighted by molar-refractivity contribution is 8.01. The molecule has 1 N–H and O–H groups in total. The number of nitrogens with zero attached hydrogens (tertiary/aromatic N) is 3. The number of carbonyl (C=O) groups excluding carboxylic acids is 1. The van der Waals surface area contributed by atoms with E-state index in [1.807, 2.05) is 0 Å². The Morgan fingerprint density at radius 2 is 2.19 bits per heavy atom.